The molecule has 0 amide bonds. The molecule has 94 valence electrons. The fourth-order valence-electron chi connectivity index (χ4n) is 2.07. The van der Waals surface area contributed by atoms with Crippen LogP contribution in [0.15, 0.2) is 24.5 Å². The molecule has 0 spiro atoms. The second kappa shape index (κ2) is 5.06. The summed E-state index contributed by atoms with van der Waals surface area (Å²) in [5.41, 5.74) is 2.01. The number of rotatable bonds is 2. The Morgan fingerprint density at radius 2 is 2.28 bits per heavy atom. The van der Waals surface area contributed by atoms with Gasteiger partial charge in [0.1, 0.15) is 6.33 Å². The van der Waals surface area contributed by atoms with E-state index in [2.05, 4.69) is 20.5 Å². The van der Waals surface area contributed by atoms with Crippen molar-refractivity contribution in [3.63, 3.8) is 0 Å². The minimum Gasteiger partial charge on any atom is -0.378 e. The molecule has 0 bridgehead atoms. The lowest BCUT2D eigenvalue weighted by molar-refractivity contribution is 0.0769. The van der Waals surface area contributed by atoms with Gasteiger partial charge in [0.25, 0.3) is 0 Å². The van der Waals surface area contributed by atoms with Crippen LogP contribution in [-0.4, -0.2) is 34.9 Å². The number of hydrogen-bond acceptors (Lipinski definition) is 4. The summed E-state index contributed by atoms with van der Waals surface area (Å²) >= 11 is 6.15. The second-order valence-electron chi connectivity index (χ2n) is 4.18. The predicted molar refractivity (Wildman–Crippen MR) is 68.4 cm³/mol. The Labute approximate surface area is 110 Å². The Kier molecular flexibility index (Phi) is 3.27. The van der Waals surface area contributed by atoms with Crippen LogP contribution in [0.2, 0.25) is 5.02 Å². The molecule has 5 nitrogen and oxygen atoms in total. The van der Waals surface area contributed by atoms with Crippen LogP contribution >= 0.6 is 11.6 Å². The Morgan fingerprint density at radius 3 is 3.00 bits per heavy atom. The summed E-state index contributed by atoms with van der Waals surface area (Å²) in [5, 5.41) is 10.9. The maximum Gasteiger partial charge on any atom is 0.180 e. The van der Waals surface area contributed by atoms with Crippen LogP contribution in [0.1, 0.15) is 11.6 Å². The first kappa shape index (κ1) is 11.6. The molecule has 2 N–H and O–H groups in total. The number of hydrogen-bond donors (Lipinski definition) is 2. The van der Waals surface area contributed by atoms with Crippen LogP contribution in [0.25, 0.3) is 11.4 Å². The zero-order valence-electron chi connectivity index (χ0n) is 9.69. The van der Waals surface area contributed by atoms with E-state index in [0.717, 1.165) is 24.3 Å². The molecule has 1 unspecified atom stereocenters. The Bertz CT molecular complexity index is 523. The molecular weight excluding hydrogens is 252 g/mol. The van der Waals surface area contributed by atoms with Crippen LogP contribution in [0.4, 0.5) is 0 Å². The van der Waals surface area contributed by atoms with Gasteiger partial charge in [-0.1, -0.05) is 11.6 Å². The lowest BCUT2D eigenvalue weighted by atomic mass is 10.0. The zero-order chi connectivity index (χ0) is 12.4. The topological polar surface area (TPSA) is 62.8 Å². The third-order valence-electron chi connectivity index (χ3n) is 2.92. The molecule has 1 aliphatic heterocycles. The molecule has 0 saturated carbocycles. The molecule has 1 saturated heterocycles. The second-order valence-corrected chi connectivity index (χ2v) is 4.61. The van der Waals surface area contributed by atoms with Gasteiger partial charge in [-0.3, -0.25) is 5.10 Å². The van der Waals surface area contributed by atoms with Crippen molar-refractivity contribution >= 4 is 11.6 Å². The molecule has 18 heavy (non-hydrogen) atoms. The van der Waals surface area contributed by atoms with Crippen LogP contribution in [-0.2, 0) is 4.74 Å². The SMILES string of the molecule is Clc1cc(-c2nc[nH]n2)cc(C2COCCN2)c1. The number of H-pyrrole nitrogens is 1. The minimum absolute atomic E-state index is 0.176. The first-order valence-corrected chi connectivity index (χ1v) is 6.18. The van der Waals surface area contributed by atoms with Crippen molar-refractivity contribution in [1.82, 2.24) is 20.5 Å². The van der Waals surface area contributed by atoms with Crippen molar-refractivity contribution in [2.24, 2.45) is 0 Å². The lowest BCUT2D eigenvalue weighted by Crippen LogP contribution is -2.34. The van der Waals surface area contributed by atoms with Gasteiger partial charge < -0.3 is 10.1 Å². The van der Waals surface area contributed by atoms with Crippen molar-refractivity contribution in [2.75, 3.05) is 19.8 Å². The van der Waals surface area contributed by atoms with Gasteiger partial charge in [-0.25, -0.2) is 4.98 Å². The van der Waals surface area contributed by atoms with E-state index < -0.39 is 0 Å². The van der Waals surface area contributed by atoms with Crippen molar-refractivity contribution in [3.8, 4) is 11.4 Å². The highest BCUT2D eigenvalue weighted by Gasteiger charge is 2.17. The fraction of sp³-hybridized carbons (Fsp3) is 0.333. The molecule has 6 heteroatoms. The van der Waals surface area contributed by atoms with E-state index in [1.807, 2.05) is 18.2 Å². The molecular formula is C12H13ClN4O. The van der Waals surface area contributed by atoms with E-state index >= 15 is 0 Å². The third-order valence-corrected chi connectivity index (χ3v) is 3.14. The maximum atomic E-state index is 6.15. The smallest absolute Gasteiger partial charge is 0.180 e. The number of morpholine rings is 1. The van der Waals surface area contributed by atoms with E-state index in [4.69, 9.17) is 16.3 Å². The van der Waals surface area contributed by atoms with Gasteiger partial charge in [0.05, 0.1) is 19.3 Å². The van der Waals surface area contributed by atoms with E-state index in [9.17, 15) is 0 Å². The average molecular weight is 265 g/mol. The molecule has 1 atom stereocenters. The van der Waals surface area contributed by atoms with Gasteiger partial charge in [0, 0.05) is 17.1 Å². The molecule has 1 fully saturated rings. The first-order chi connectivity index (χ1) is 8.83. The number of ether oxygens (including phenoxy) is 1. The highest BCUT2D eigenvalue weighted by molar-refractivity contribution is 6.30. The van der Waals surface area contributed by atoms with E-state index in [-0.39, 0.29) is 6.04 Å². The van der Waals surface area contributed by atoms with Crippen molar-refractivity contribution in [2.45, 2.75) is 6.04 Å². The fourth-order valence-corrected chi connectivity index (χ4v) is 2.31. The molecule has 0 radical (unpaired) electrons. The highest BCUT2D eigenvalue weighted by atomic mass is 35.5. The molecule has 3 rings (SSSR count). The van der Waals surface area contributed by atoms with Gasteiger partial charge >= 0.3 is 0 Å². The number of aromatic nitrogens is 3. The molecule has 1 aromatic heterocycles. The Morgan fingerprint density at radius 1 is 1.33 bits per heavy atom. The Balaban J connectivity index is 1.95. The first-order valence-electron chi connectivity index (χ1n) is 5.81. The summed E-state index contributed by atoms with van der Waals surface area (Å²) in [6.07, 6.45) is 1.55. The normalized spacial score (nSPS) is 19.9. The van der Waals surface area contributed by atoms with Gasteiger partial charge in [-0.15, -0.1) is 0 Å². The number of benzene rings is 1. The van der Waals surface area contributed by atoms with Crippen LogP contribution in [0.3, 0.4) is 0 Å². The maximum absolute atomic E-state index is 6.15. The molecule has 1 aromatic carbocycles. The summed E-state index contributed by atoms with van der Waals surface area (Å²) in [5.74, 6) is 0.649. The quantitative estimate of drug-likeness (QED) is 0.868. The number of nitrogens with one attached hydrogen (secondary N) is 2. The standard InChI is InChI=1S/C12H13ClN4O/c13-10-4-8(11-6-18-2-1-14-11)3-9(5-10)12-15-7-16-17-12/h3-5,7,11,14H,1-2,6H2,(H,15,16,17). The summed E-state index contributed by atoms with van der Waals surface area (Å²) in [6, 6.07) is 6.03. The largest absolute Gasteiger partial charge is 0.378 e. The monoisotopic (exact) mass is 264 g/mol. The molecule has 2 heterocycles. The summed E-state index contributed by atoms with van der Waals surface area (Å²) < 4.78 is 5.46. The molecule has 1 aliphatic rings. The van der Waals surface area contributed by atoms with E-state index in [0.29, 0.717) is 17.5 Å². The van der Waals surface area contributed by atoms with Crippen molar-refractivity contribution in [1.29, 1.82) is 0 Å². The van der Waals surface area contributed by atoms with Gasteiger partial charge in [0.15, 0.2) is 5.82 Å². The summed E-state index contributed by atoms with van der Waals surface area (Å²) in [4.78, 5) is 4.14. The van der Waals surface area contributed by atoms with Crippen LogP contribution in [0, 0.1) is 0 Å². The third kappa shape index (κ3) is 2.38. The zero-order valence-corrected chi connectivity index (χ0v) is 10.4. The molecule has 0 aliphatic carbocycles. The van der Waals surface area contributed by atoms with Gasteiger partial charge in [-0.2, -0.15) is 5.10 Å². The van der Waals surface area contributed by atoms with Gasteiger partial charge in [-0.05, 0) is 23.8 Å². The Hall–Kier alpha value is -1.43. The van der Waals surface area contributed by atoms with Crippen molar-refractivity contribution < 1.29 is 4.74 Å². The van der Waals surface area contributed by atoms with E-state index in [1.54, 1.807) is 6.33 Å². The van der Waals surface area contributed by atoms with Crippen LogP contribution < -0.4 is 5.32 Å². The van der Waals surface area contributed by atoms with E-state index in [1.165, 1.54) is 0 Å². The number of nitrogens with zero attached hydrogens (tertiary/aromatic N) is 2. The molecule has 2 aromatic rings. The summed E-state index contributed by atoms with van der Waals surface area (Å²) in [6.45, 7) is 2.27. The predicted octanol–water partition coefficient (Wildman–Crippen LogP) is 1.79. The van der Waals surface area contributed by atoms with Gasteiger partial charge in [0.2, 0.25) is 0 Å². The number of halogens is 1. The van der Waals surface area contributed by atoms with Crippen LogP contribution in [0.5, 0.6) is 0 Å². The average Bonchev–Trinajstić information content (AvgIpc) is 2.93. The summed E-state index contributed by atoms with van der Waals surface area (Å²) in [7, 11) is 0. The highest BCUT2D eigenvalue weighted by Crippen LogP contribution is 2.26. The number of aromatic amines is 1. The lowest BCUT2D eigenvalue weighted by Gasteiger charge is -2.24. The van der Waals surface area contributed by atoms with Crippen molar-refractivity contribution in [3.05, 3.63) is 35.1 Å². The minimum atomic E-state index is 0.176.